The number of carbonyl (C=O) groups is 1. The van der Waals surface area contributed by atoms with Crippen molar-refractivity contribution in [3.8, 4) is 0 Å². The molecule has 1 fully saturated rings. The van der Waals surface area contributed by atoms with Crippen LogP contribution in [0.5, 0.6) is 0 Å². The number of nitrogens with one attached hydrogen (secondary N) is 1. The van der Waals surface area contributed by atoms with Crippen LogP contribution in [0.2, 0.25) is 0 Å². The van der Waals surface area contributed by atoms with Gasteiger partial charge in [0.25, 0.3) is 0 Å². The fourth-order valence-corrected chi connectivity index (χ4v) is 3.27. The van der Waals surface area contributed by atoms with E-state index < -0.39 is 5.82 Å². The van der Waals surface area contributed by atoms with E-state index in [-0.39, 0.29) is 24.2 Å². The number of anilines is 1. The molecule has 0 bridgehead atoms. The van der Waals surface area contributed by atoms with E-state index in [1.807, 2.05) is 26.2 Å². The summed E-state index contributed by atoms with van der Waals surface area (Å²) in [6.07, 6.45) is 4.14. The molecule has 0 aliphatic carbocycles. The van der Waals surface area contributed by atoms with E-state index in [4.69, 9.17) is 0 Å². The van der Waals surface area contributed by atoms with E-state index in [2.05, 4.69) is 20.9 Å². The van der Waals surface area contributed by atoms with Gasteiger partial charge in [-0.3, -0.25) is 9.69 Å². The summed E-state index contributed by atoms with van der Waals surface area (Å²) in [4.78, 5) is 14.4. The first kappa shape index (κ1) is 15.7. The third kappa shape index (κ3) is 3.45. The molecule has 5 heteroatoms. The van der Waals surface area contributed by atoms with E-state index in [0.717, 1.165) is 24.9 Å². The van der Waals surface area contributed by atoms with E-state index in [1.165, 1.54) is 11.8 Å². The van der Waals surface area contributed by atoms with Crippen molar-refractivity contribution in [3.63, 3.8) is 0 Å². The predicted octanol–water partition coefficient (Wildman–Crippen LogP) is 3.25. The molecule has 4 nitrogen and oxygen atoms in total. The first-order valence-corrected chi connectivity index (χ1v) is 7.96. The Balaban J connectivity index is 1.66. The Labute approximate surface area is 135 Å². The molecular weight excluding hydrogens is 293 g/mol. The second-order valence-corrected chi connectivity index (χ2v) is 6.20. The highest BCUT2D eigenvalue weighted by Crippen LogP contribution is 2.31. The summed E-state index contributed by atoms with van der Waals surface area (Å²) in [5.74, 6) is -0.562. The Bertz CT molecular complexity index is 710. The minimum Gasteiger partial charge on any atom is -0.353 e. The first-order valence-electron chi connectivity index (χ1n) is 7.96. The summed E-state index contributed by atoms with van der Waals surface area (Å²) in [6.45, 7) is 2.99. The van der Waals surface area contributed by atoms with Gasteiger partial charge in [-0.05, 0) is 56.1 Å². The molecule has 1 aromatic heterocycles. The third-order valence-electron chi connectivity index (χ3n) is 4.43. The van der Waals surface area contributed by atoms with Gasteiger partial charge in [0, 0.05) is 18.9 Å². The van der Waals surface area contributed by atoms with Gasteiger partial charge in [0.1, 0.15) is 5.82 Å². The second kappa shape index (κ2) is 6.54. The van der Waals surface area contributed by atoms with Crippen LogP contribution in [0.4, 0.5) is 10.1 Å². The lowest BCUT2D eigenvalue weighted by Crippen LogP contribution is -2.33. The number of aryl methyl sites for hydroxylation is 2. The van der Waals surface area contributed by atoms with Crippen LogP contribution in [0, 0.1) is 12.7 Å². The average Bonchev–Trinajstić information content (AvgIpc) is 3.10. The van der Waals surface area contributed by atoms with Crippen molar-refractivity contribution in [2.75, 3.05) is 18.4 Å². The summed E-state index contributed by atoms with van der Waals surface area (Å²) < 4.78 is 15.9. The minimum absolute atomic E-state index is 0.172. The van der Waals surface area contributed by atoms with Crippen molar-refractivity contribution in [3.05, 3.63) is 53.6 Å². The van der Waals surface area contributed by atoms with Gasteiger partial charge < -0.3 is 9.88 Å². The number of benzene rings is 1. The predicted molar refractivity (Wildman–Crippen MR) is 88.7 cm³/mol. The molecule has 3 rings (SSSR count). The minimum atomic E-state index is -0.390. The van der Waals surface area contributed by atoms with Gasteiger partial charge in [0.05, 0.1) is 18.3 Å². The SMILES string of the molecule is Cc1ccc(NC(=O)CN2CCC[C@@H]2c2cccn2C)c(F)c1. The quantitative estimate of drug-likeness (QED) is 0.940. The summed E-state index contributed by atoms with van der Waals surface area (Å²) in [7, 11) is 2.02. The number of amides is 1. The normalized spacial score (nSPS) is 18.3. The van der Waals surface area contributed by atoms with Gasteiger partial charge >= 0.3 is 0 Å². The molecule has 23 heavy (non-hydrogen) atoms. The molecule has 2 heterocycles. The Morgan fingerprint density at radius 3 is 2.91 bits per heavy atom. The summed E-state index contributed by atoms with van der Waals surface area (Å²) in [5.41, 5.74) is 2.30. The maximum atomic E-state index is 13.8. The lowest BCUT2D eigenvalue weighted by molar-refractivity contribution is -0.117. The molecule has 1 atom stereocenters. The molecular formula is C18H22FN3O. The zero-order valence-electron chi connectivity index (χ0n) is 13.6. The molecule has 1 aliphatic heterocycles. The fourth-order valence-electron chi connectivity index (χ4n) is 3.27. The van der Waals surface area contributed by atoms with Crippen LogP contribution in [0.15, 0.2) is 36.5 Å². The maximum absolute atomic E-state index is 13.8. The van der Waals surface area contributed by atoms with Gasteiger partial charge in [-0.1, -0.05) is 6.07 Å². The number of rotatable bonds is 4. The average molecular weight is 315 g/mol. The number of aromatic nitrogens is 1. The molecule has 1 N–H and O–H groups in total. The van der Waals surface area contributed by atoms with Crippen LogP contribution in [-0.4, -0.2) is 28.5 Å². The second-order valence-electron chi connectivity index (χ2n) is 6.20. The summed E-state index contributed by atoms with van der Waals surface area (Å²) in [6, 6.07) is 9.21. The van der Waals surface area contributed by atoms with Gasteiger partial charge in [-0.25, -0.2) is 4.39 Å². The Kier molecular flexibility index (Phi) is 4.48. The Hall–Kier alpha value is -2.14. The highest BCUT2D eigenvalue weighted by molar-refractivity contribution is 5.92. The zero-order chi connectivity index (χ0) is 16.4. The third-order valence-corrected chi connectivity index (χ3v) is 4.43. The van der Waals surface area contributed by atoms with Crippen molar-refractivity contribution in [1.29, 1.82) is 0 Å². The molecule has 0 radical (unpaired) electrons. The molecule has 2 aromatic rings. The van der Waals surface area contributed by atoms with Crippen molar-refractivity contribution < 1.29 is 9.18 Å². The lowest BCUT2D eigenvalue weighted by atomic mass is 10.1. The molecule has 1 aliphatic rings. The molecule has 122 valence electrons. The Morgan fingerprint density at radius 2 is 2.22 bits per heavy atom. The summed E-state index contributed by atoms with van der Waals surface area (Å²) >= 11 is 0. The standard InChI is InChI=1S/C18H22FN3O/c1-13-7-8-15(14(19)11-13)20-18(23)12-22-10-4-6-17(22)16-5-3-9-21(16)2/h3,5,7-9,11,17H,4,6,10,12H2,1-2H3,(H,20,23)/t17-/m1/s1. The zero-order valence-corrected chi connectivity index (χ0v) is 13.6. The number of halogens is 1. The van der Waals surface area contributed by atoms with Crippen LogP contribution in [0.1, 0.15) is 30.1 Å². The number of nitrogens with zero attached hydrogens (tertiary/aromatic N) is 2. The van der Waals surface area contributed by atoms with Crippen LogP contribution in [0.25, 0.3) is 0 Å². The van der Waals surface area contributed by atoms with Gasteiger partial charge in [-0.15, -0.1) is 0 Å². The topological polar surface area (TPSA) is 37.3 Å². The monoisotopic (exact) mass is 315 g/mol. The molecule has 1 aromatic carbocycles. The lowest BCUT2D eigenvalue weighted by Gasteiger charge is -2.24. The highest BCUT2D eigenvalue weighted by Gasteiger charge is 2.29. The van der Waals surface area contributed by atoms with Gasteiger partial charge in [0.15, 0.2) is 0 Å². The molecule has 0 spiro atoms. The van der Waals surface area contributed by atoms with Crippen LogP contribution >= 0.6 is 0 Å². The van der Waals surface area contributed by atoms with Crippen molar-refractivity contribution in [1.82, 2.24) is 9.47 Å². The van der Waals surface area contributed by atoms with Gasteiger partial charge in [-0.2, -0.15) is 0 Å². The molecule has 0 saturated carbocycles. The van der Waals surface area contributed by atoms with Crippen LogP contribution in [-0.2, 0) is 11.8 Å². The first-order chi connectivity index (χ1) is 11.0. The molecule has 1 saturated heterocycles. The maximum Gasteiger partial charge on any atom is 0.238 e. The highest BCUT2D eigenvalue weighted by atomic mass is 19.1. The van der Waals surface area contributed by atoms with E-state index in [1.54, 1.807) is 12.1 Å². The number of hydrogen-bond donors (Lipinski definition) is 1. The van der Waals surface area contributed by atoms with Crippen molar-refractivity contribution >= 4 is 11.6 Å². The molecule has 0 unspecified atom stereocenters. The number of carbonyl (C=O) groups excluding carboxylic acids is 1. The number of hydrogen-bond acceptors (Lipinski definition) is 2. The number of likely N-dealkylation sites (tertiary alicyclic amines) is 1. The van der Waals surface area contributed by atoms with Crippen molar-refractivity contribution in [2.45, 2.75) is 25.8 Å². The van der Waals surface area contributed by atoms with E-state index in [9.17, 15) is 9.18 Å². The van der Waals surface area contributed by atoms with E-state index >= 15 is 0 Å². The summed E-state index contributed by atoms with van der Waals surface area (Å²) in [5, 5.41) is 2.68. The van der Waals surface area contributed by atoms with Gasteiger partial charge in [0.2, 0.25) is 5.91 Å². The van der Waals surface area contributed by atoms with Crippen LogP contribution in [0.3, 0.4) is 0 Å². The fraction of sp³-hybridized carbons (Fsp3) is 0.389. The van der Waals surface area contributed by atoms with Crippen LogP contribution < -0.4 is 5.32 Å². The Morgan fingerprint density at radius 1 is 1.39 bits per heavy atom. The largest absolute Gasteiger partial charge is 0.353 e. The smallest absolute Gasteiger partial charge is 0.238 e. The molecule has 1 amide bonds. The van der Waals surface area contributed by atoms with Crippen molar-refractivity contribution in [2.24, 2.45) is 7.05 Å². The van der Waals surface area contributed by atoms with E-state index in [0.29, 0.717) is 0 Å².